The molecule has 1 aromatic carbocycles. The number of carbonyl (C=O) groups excluding carboxylic acids is 2. The van der Waals surface area contributed by atoms with Crippen molar-refractivity contribution in [3.63, 3.8) is 0 Å². The van der Waals surface area contributed by atoms with E-state index in [1.807, 2.05) is 12.1 Å². The molecule has 154 valence electrons. The first kappa shape index (κ1) is 20.7. The van der Waals surface area contributed by atoms with Crippen LogP contribution >= 0.6 is 15.9 Å². The van der Waals surface area contributed by atoms with Gasteiger partial charge in [0.2, 0.25) is 0 Å². The van der Waals surface area contributed by atoms with Gasteiger partial charge in [0.1, 0.15) is 5.78 Å². The molecule has 1 aromatic rings. The van der Waals surface area contributed by atoms with Crippen molar-refractivity contribution in [3.8, 4) is 0 Å². The molecule has 0 radical (unpaired) electrons. The van der Waals surface area contributed by atoms with Gasteiger partial charge in [-0.1, -0.05) is 55.8 Å². The van der Waals surface area contributed by atoms with Crippen molar-refractivity contribution in [2.75, 3.05) is 0 Å². The molecule has 4 atom stereocenters. The summed E-state index contributed by atoms with van der Waals surface area (Å²) in [6, 6.07) is 8.14. The molecule has 0 aromatic heterocycles. The van der Waals surface area contributed by atoms with Gasteiger partial charge in [-0.05, 0) is 54.2 Å². The Morgan fingerprint density at radius 2 is 1.48 bits per heavy atom. The van der Waals surface area contributed by atoms with E-state index < -0.39 is 0 Å². The van der Waals surface area contributed by atoms with Gasteiger partial charge in [0.15, 0.2) is 5.78 Å². The number of Topliss-reactive ketones (excluding diaryl/α,β-unsaturated/α-hetero) is 2. The molecule has 1 aliphatic heterocycles. The molecule has 1 saturated carbocycles. The molecule has 4 unspecified atom stereocenters. The van der Waals surface area contributed by atoms with Crippen molar-refractivity contribution < 1.29 is 9.59 Å². The topological polar surface area (TPSA) is 46.5 Å². The first-order chi connectivity index (χ1) is 13.8. The minimum atomic E-state index is -0.274. The zero-order valence-electron chi connectivity index (χ0n) is 17.7. The highest BCUT2D eigenvalue weighted by atomic mass is 79.9. The van der Waals surface area contributed by atoms with Gasteiger partial charge in [0.25, 0.3) is 0 Å². The van der Waals surface area contributed by atoms with Gasteiger partial charge in [-0.3, -0.25) is 14.6 Å². The fourth-order valence-electron chi connectivity index (χ4n) is 5.24. The molecule has 3 aliphatic rings. The number of ketones is 2. The van der Waals surface area contributed by atoms with Crippen LogP contribution in [0.25, 0.3) is 0 Å². The van der Waals surface area contributed by atoms with Crippen LogP contribution in [0.4, 0.5) is 0 Å². The second-order valence-electron chi connectivity index (χ2n) is 9.68. The summed E-state index contributed by atoms with van der Waals surface area (Å²) in [4.78, 5) is 31.7. The second kappa shape index (κ2) is 7.94. The summed E-state index contributed by atoms with van der Waals surface area (Å²) in [5, 5.41) is 0. The maximum atomic E-state index is 13.3. The molecule has 2 aliphatic carbocycles. The summed E-state index contributed by atoms with van der Waals surface area (Å²) in [7, 11) is 0. The van der Waals surface area contributed by atoms with E-state index in [4.69, 9.17) is 4.99 Å². The highest BCUT2D eigenvalue weighted by Gasteiger charge is 2.47. The second-order valence-corrected chi connectivity index (χ2v) is 10.6. The molecule has 0 saturated heterocycles. The van der Waals surface area contributed by atoms with E-state index in [0.29, 0.717) is 36.5 Å². The number of hydrogen-bond acceptors (Lipinski definition) is 3. The predicted octanol–water partition coefficient (Wildman–Crippen LogP) is 6.13. The summed E-state index contributed by atoms with van der Waals surface area (Å²) >= 11 is 3.51. The number of aliphatic imine (C=N–C) groups is 1. The third kappa shape index (κ3) is 3.81. The van der Waals surface area contributed by atoms with Crippen LogP contribution in [-0.4, -0.2) is 17.3 Å². The summed E-state index contributed by atoms with van der Waals surface area (Å²) in [5.74, 6) is 1.61. The van der Waals surface area contributed by atoms with Gasteiger partial charge in [0, 0.05) is 40.2 Å². The largest absolute Gasteiger partial charge is 0.299 e. The molecular formula is C25H30BrNO2. The average Bonchev–Trinajstić information content (AvgIpc) is 2.66. The fourth-order valence-corrected chi connectivity index (χ4v) is 5.51. The molecule has 1 fully saturated rings. The minimum Gasteiger partial charge on any atom is -0.299 e. The summed E-state index contributed by atoms with van der Waals surface area (Å²) in [6.07, 6.45) is 2.89. The molecule has 0 N–H and O–H groups in total. The Kier molecular flexibility index (Phi) is 5.67. The standard InChI is InChI=1S/C25H30BrNO2/c1-13(2)16-9-19-24(21(28)11-16)23(15-5-7-18(26)8-6-15)25-20(27-19)10-17(14(3)4)12-22(25)29/h5-8,13-14,16-17,23-24H,9-12H2,1-4H3. The lowest BCUT2D eigenvalue weighted by atomic mass is 9.63. The van der Waals surface area contributed by atoms with Crippen LogP contribution in [0.2, 0.25) is 0 Å². The number of halogens is 1. The van der Waals surface area contributed by atoms with Gasteiger partial charge < -0.3 is 0 Å². The maximum absolute atomic E-state index is 13.3. The van der Waals surface area contributed by atoms with Crippen LogP contribution in [0.3, 0.4) is 0 Å². The van der Waals surface area contributed by atoms with Crippen LogP contribution in [0.1, 0.15) is 64.9 Å². The van der Waals surface area contributed by atoms with E-state index in [-0.39, 0.29) is 23.4 Å². The molecule has 0 spiro atoms. The normalized spacial score (nSPS) is 29.8. The molecular weight excluding hydrogens is 426 g/mol. The zero-order chi connectivity index (χ0) is 20.9. The third-order valence-electron chi connectivity index (χ3n) is 7.19. The van der Waals surface area contributed by atoms with Gasteiger partial charge in [-0.2, -0.15) is 0 Å². The minimum absolute atomic E-state index is 0.174. The molecule has 0 amide bonds. The average molecular weight is 456 g/mol. The lowest BCUT2D eigenvalue weighted by Crippen LogP contribution is -2.43. The third-order valence-corrected chi connectivity index (χ3v) is 7.72. The van der Waals surface area contributed by atoms with Crippen LogP contribution in [-0.2, 0) is 9.59 Å². The van der Waals surface area contributed by atoms with Crippen molar-refractivity contribution in [2.45, 2.75) is 59.3 Å². The van der Waals surface area contributed by atoms with Gasteiger partial charge in [-0.15, -0.1) is 0 Å². The first-order valence-corrected chi connectivity index (χ1v) is 11.7. The lowest BCUT2D eigenvalue weighted by Gasteiger charge is -2.42. The number of benzene rings is 1. The van der Waals surface area contributed by atoms with Crippen molar-refractivity contribution >= 4 is 33.2 Å². The Bertz CT molecular complexity index is 894. The van der Waals surface area contributed by atoms with E-state index in [1.165, 1.54) is 0 Å². The number of hydrogen-bond donors (Lipinski definition) is 0. The molecule has 0 bridgehead atoms. The number of fused-ring (bicyclic) bond motifs is 1. The zero-order valence-corrected chi connectivity index (χ0v) is 19.3. The Morgan fingerprint density at radius 3 is 2.10 bits per heavy atom. The molecule has 29 heavy (non-hydrogen) atoms. The smallest absolute Gasteiger partial charge is 0.161 e. The van der Waals surface area contributed by atoms with E-state index in [9.17, 15) is 9.59 Å². The van der Waals surface area contributed by atoms with E-state index in [0.717, 1.165) is 39.9 Å². The molecule has 4 rings (SSSR count). The van der Waals surface area contributed by atoms with Crippen LogP contribution < -0.4 is 0 Å². The van der Waals surface area contributed by atoms with Crippen molar-refractivity contribution in [1.82, 2.24) is 0 Å². The van der Waals surface area contributed by atoms with Crippen molar-refractivity contribution in [3.05, 3.63) is 45.6 Å². The number of allylic oxidation sites excluding steroid dienone is 2. The van der Waals surface area contributed by atoms with Gasteiger partial charge in [-0.25, -0.2) is 0 Å². The SMILES string of the molecule is CC(C)C1CC(=O)C2C(=NC3=C(C(=O)CC(C(C)C)C3)C2c2ccc(Br)cc2)C1. The monoisotopic (exact) mass is 455 g/mol. The van der Waals surface area contributed by atoms with Crippen molar-refractivity contribution in [2.24, 2.45) is 34.6 Å². The van der Waals surface area contributed by atoms with E-state index in [1.54, 1.807) is 0 Å². The Balaban J connectivity index is 1.84. The number of rotatable bonds is 3. The summed E-state index contributed by atoms with van der Waals surface area (Å²) in [5.41, 5.74) is 3.85. The first-order valence-electron chi connectivity index (χ1n) is 10.9. The van der Waals surface area contributed by atoms with Gasteiger partial charge in [0.05, 0.1) is 5.92 Å². The molecule has 1 heterocycles. The fraction of sp³-hybridized carbons (Fsp3) is 0.560. The predicted molar refractivity (Wildman–Crippen MR) is 120 cm³/mol. The van der Waals surface area contributed by atoms with Gasteiger partial charge >= 0.3 is 0 Å². The van der Waals surface area contributed by atoms with Crippen LogP contribution in [0.5, 0.6) is 0 Å². The van der Waals surface area contributed by atoms with Crippen LogP contribution in [0, 0.1) is 29.6 Å². The van der Waals surface area contributed by atoms with Crippen molar-refractivity contribution in [1.29, 1.82) is 0 Å². The van der Waals surface area contributed by atoms with E-state index in [2.05, 4.69) is 55.8 Å². The summed E-state index contributed by atoms with van der Waals surface area (Å²) < 4.78 is 1.00. The number of nitrogens with zero attached hydrogens (tertiary/aromatic N) is 1. The quantitative estimate of drug-likeness (QED) is 0.550. The van der Waals surface area contributed by atoms with E-state index >= 15 is 0 Å². The highest BCUT2D eigenvalue weighted by molar-refractivity contribution is 9.10. The Morgan fingerprint density at radius 1 is 0.862 bits per heavy atom. The number of carbonyl (C=O) groups is 2. The summed E-state index contributed by atoms with van der Waals surface area (Å²) in [6.45, 7) is 8.76. The maximum Gasteiger partial charge on any atom is 0.161 e. The lowest BCUT2D eigenvalue weighted by molar-refractivity contribution is -0.123. The van der Waals surface area contributed by atoms with Crippen LogP contribution in [0.15, 0.2) is 45.0 Å². The molecule has 3 nitrogen and oxygen atoms in total. The Labute approximate surface area is 182 Å². The Hall–Kier alpha value is -1.55. The molecule has 4 heteroatoms. The highest BCUT2D eigenvalue weighted by Crippen LogP contribution is 2.49.